The molecule has 1 aromatic heterocycles. The number of morpholine rings is 1. The molecule has 0 saturated carbocycles. The summed E-state index contributed by atoms with van der Waals surface area (Å²) in [5.74, 6) is 0.224. The molecule has 36 heavy (non-hydrogen) atoms. The molecule has 1 saturated heterocycles. The molecule has 8 nitrogen and oxygen atoms in total. The van der Waals surface area contributed by atoms with Crippen LogP contribution >= 0.6 is 11.3 Å². The Labute approximate surface area is 219 Å². The monoisotopic (exact) mass is 515 g/mol. The zero-order chi connectivity index (χ0) is 25.9. The minimum absolute atomic E-state index is 0.00452. The first kappa shape index (κ1) is 28.1. The topological polar surface area (TPSA) is 86.8 Å². The molecule has 0 radical (unpaired) electrons. The van der Waals surface area contributed by atoms with Gasteiger partial charge in [-0.05, 0) is 24.8 Å². The van der Waals surface area contributed by atoms with Crippen molar-refractivity contribution < 1.29 is 14.3 Å². The first-order chi connectivity index (χ1) is 17.4. The highest BCUT2D eigenvalue weighted by Gasteiger charge is 2.26. The molecular formula is C27H41N5O3S. The highest BCUT2D eigenvalue weighted by Crippen LogP contribution is 2.20. The summed E-state index contributed by atoms with van der Waals surface area (Å²) in [6.07, 6.45) is 2.11. The lowest BCUT2D eigenvalue weighted by Gasteiger charge is -2.29. The van der Waals surface area contributed by atoms with E-state index in [-0.39, 0.29) is 18.0 Å². The Morgan fingerprint density at radius 2 is 1.89 bits per heavy atom. The molecule has 2 atom stereocenters. The number of amides is 3. The summed E-state index contributed by atoms with van der Waals surface area (Å²) in [4.78, 5) is 35.0. The van der Waals surface area contributed by atoms with Crippen molar-refractivity contribution in [2.45, 2.75) is 64.6 Å². The van der Waals surface area contributed by atoms with Crippen LogP contribution in [-0.4, -0.2) is 78.7 Å². The lowest BCUT2D eigenvalue weighted by atomic mass is 10.0. The van der Waals surface area contributed by atoms with E-state index in [0.29, 0.717) is 32.1 Å². The Balaban J connectivity index is 1.62. The number of carbonyl (C=O) groups is 2. The first-order valence-corrected chi connectivity index (χ1v) is 13.8. The lowest BCUT2D eigenvalue weighted by Crippen LogP contribution is -2.53. The van der Waals surface area contributed by atoms with Gasteiger partial charge in [-0.3, -0.25) is 9.69 Å². The third kappa shape index (κ3) is 8.87. The van der Waals surface area contributed by atoms with E-state index in [0.717, 1.165) is 43.2 Å². The van der Waals surface area contributed by atoms with Crippen LogP contribution in [0.25, 0.3) is 0 Å². The quantitative estimate of drug-likeness (QED) is 0.451. The summed E-state index contributed by atoms with van der Waals surface area (Å²) in [6.45, 7) is 10.5. The van der Waals surface area contributed by atoms with E-state index in [2.05, 4.69) is 53.4 Å². The predicted octanol–water partition coefficient (Wildman–Crippen LogP) is 3.64. The maximum Gasteiger partial charge on any atom is 0.318 e. The number of aromatic nitrogens is 1. The number of hydrogen-bond acceptors (Lipinski definition) is 6. The Morgan fingerprint density at radius 3 is 2.53 bits per heavy atom. The zero-order valence-electron chi connectivity index (χ0n) is 22.0. The van der Waals surface area contributed by atoms with Crippen molar-refractivity contribution in [1.82, 2.24) is 25.4 Å². The number of carbonyl (C=O) groups excluding carboxylic acids is 2. The van der Waals surface area contributed by atoms with Gasteiger partial charge in [0.2, 0.25) is 5.91 Å². The number of urea groups is 1. The fourth-order valence-corrected chi connectivity index (χ4v) is 4.96. The highest BCUT2D eigenvalue weighted by molar-refractivity contribution is 7.09. The van der Waals surface area contributed by atoms with Gasteiger partial charge in [0.25, 0.3) is 0 Å². The van der Waals surface area contributed by atoms with E-state index in [9.17, 15) is 9.59 Å². The van der Waals surface area contributed by atoms with Crippen LogP contribution in [0.5, 0.6) is 0 Å². The van der Waals surface area contributed by atoms with Crippen molar-refractivity contribution >= 4 is 23.3 Å². The molecule has 1 aliphatic rings. The predicted molar refractivity (Wildman–Crippen MR) is 144 cm³/mol. The summed E-state index contributed by atoms with van der Waals surface area (Å²) in [5, 5.41) is 9.24. The van der Waals surface area contributed by atoms with E-state index in [1.165, 1.54) is 5.56 Å². The highest BCUT2D eigenvalue weighted by atomic mass is 32.1. The standard InChI is InChI=1S/C27H41N5O3S/c1-5-22(17-21-9-7-6-8-10-21)28-25(33)24(11-12-32-13-15-35-16-14-32)30-27(34)31(4)18-23-19-36-26(29-23)20(2)3/h6-10,19-20,22,24H,5,11-18H2,1-4H3,(H,28,33)(H,30,34). The van der Waals surface area contributed by atoms with Gasteiger partial charge in [0.15, 0.2) is 0 Å². The van der Waals surface area contributed by atoms with Crippen LogP contribution in [0.15, 0.2) is 35.7 Å². The summed E-state index contributed by atoms with van der Waals surface area (Å²) < 4.78 is 5.44. The summed E-state index contributed by atoms with van der Waals surface area (Å²) in [7, 11) is 1.74. The molecule has 2 N–H and O–H groups in total. The van der Waals surface area contributed by atoms with E-state index >= 15 is 0 Å². The normalized spacial score (nSPS) is 15.9. The van der Waals surface area contributed by atoms with Gasteiger partial charge in [-0.2, -0.15) is 0 Å². The number of benzene rings is 1. The maximum atomic E-state index is 13.4. The second-order valence-corrected chi connectivity index (χ2v) is 10.6. The van der Waals surface area contributed by atoms with Gasteiger partial charge in [0.1, 0.15) is 6.04 Å². The SMILES string of the molecule is CCC(Cc1ccccc1)NC(=O)C(CCN1CCOCC1)NC(=O)N(C)Cc1csc(C(C)C)n1. The van der Waals surface area contributed by atoms with E-state index in [4.69, 9.17) is 4.74 Å². The molecule has 0 spiro atoms. The van der Waals surface area contributed by atoms with Crippen LogP contribution in [0.4, 0.5) is 4.79 Å². The second kappa shape index (κ2) is 14.3. The van der Waals surface area contributed by atoms with Crippen molar-refractivity contribution in [3.8, 4) is 0 Å². The van der Waals surface area contributed by atoms with Crippen LogP contribution in [0.2, 0.25) is 0 Å². The average molecular weight is 516 g/mol. The van der Waals surface area contributed by atoms with E-state index in [1.54, 1.807) is 23.3 Å². The summed E-state index contributed by atoms with van der Waals surface area (Å²) in [5.41, 5.74) is 2.05. The number of nitrogens with zero attached hydrogens (tertiary/aromatic N) is 3. The maximum absolute atomic E-state index is 13.4. The van der Waals surface area contributed by atoms with Gasteiger partial charge in [-0.15, -0.1) is 11.3 Å². The Bertz CT molecular complexity index is 946. The second-order valence-electron chi connectivity index (χ2n) is 9.74. The molecule has 2 aromatic rings. The van der Waals surface area contributed by atoms with Gasteiger partial charge >= 0.3 is 6.03 Å². The minimum atomic E-state index is -0.616. The largest absolute Gasteiger partial charge is 0.379 e. The molecule has 2 heterocycles. The summed E-state index contributed by atoms with van der Waals surface area (Å²) in [6, 6.07) is 9.28. The van der Waals surface area contributed by atoms with E-state index in [1.807, 2.05) is 23.6 Å². The van der Waals surface area contributed by atoms with Crippen molar-refractivity contribution in [2.24, 2.45) is 0 Å². The molecule has 3 amide bonds. The molecular weight excluding hydrogens is 474 g/mol. The molecule has 9 heteroatoms. The van der Waals surface area contributed by atoms with Gasteiger partial charge in [-0.25, -0.2) is 9.78 Å². The molecule has 198 valence electrons. The molecule has 0 bridgehead atoms. The van der Waals surface area contributed by atoms with Crippen molar-refractivity contribution in [3.63, 3.8) is 0 Å². The third-order valence-electron chi connectivity index (χ3n) is 6.43. The molecule has 1 fully saturated rings. The molecule has 1 aromatic carbocycles. The van der Waals surface area contributed by atoms with Gasteiger partial charge in [0.05, 0.1) is 30.5 Å². The average Bonchev–Trinajstić information content (AvgIpc) is 3.36. The number of nitrogens with one attached hydrogen (secondary N) is 2. The Kier molecular flexibility index (Phi) is 11.2. The van der Waals surface area contributed by atoms with Crippen LogP contribution in [0, 0.1) is 0 Å². The Hall–Kier alpha value is -2.49. The smallest absolute Gasteiger partial charge is 0.318 e. The van der Waals surface area contributed by atoms with Crippen LogP contribution in [-0.2, 0) is 22.5 Å². The minimum Gasteiger partial charge on any atom is -0.379 e. The van der Waals surface area contributed by atoms with Gasteiger partial charge in [0, 0.05) is 44.0 Å². The van der Waals surface area contributed by atoms with Gasteiger partial charge < -0.3 is 20.3 Å². The fourth-order valence-electron chi connectivity index (χ4n) is 4.14. The number of thiazole rings is 1. The van der Waals surface area contributed by atoms with Crippen LogP contribution in [0.3, 0.4) is 0 Å². The van der Waals surface area contributed by atoms with Crippen LogP contribution in [0.1, 0.15) is 55.8 Å². The third-order valence-corrected chi connectivity index (χ3v) is 7.62. The van der Waals surface area contributed by atoms with Crippen LogP contribution < -0.4 is 10.6 Å². The van der Waals surface area contributed by atoms with E-state index < -0.39 is 6.04 Å². The zero-order valence-corrected chi connectivity index (χ0v) is 22.9. The first-order valence-electron chi connectivity index (χ1n) is 13.0. The molecule has 1 aliphatic heterocycles. The van der Waals surface area contributed by atoms with Gasteiger partial charge in [-0.1, -0.05) is 51.1 Å². The summed E-state index contributed by atoms with van der Waals surface area (Å²) >= 11 is 1.61. The number of rotatable bonds is 12. The lowest BCUT2D eigenvalue weighted by molar-refractivity contribution is -0.124. The number of hydrogen-bond donors (Lipinski definition) is 2. The van der Waals surface area contributed by atoms with Crippen molar-refractivity contribution in [3.05, 3.63) is 52.0 Å². The van der Waals surface area contributed by atoms with Crippen molar-refractivity contribution in [1.29, 1.82) is 0 Å². The molecule has 3 rings (SSSR count). The number of ether oxygens (including phenoxy) is 1. The molecule has 0 aliphatic carbocycles. The fraction of sp³-hybridized carbons (Fsp3) is 0.593. The van der Waals surface area contributed by atoms with Crippen molar-refractivity contribution in [2.75, 3.05) is 39.9 Å². The molecule has 2 unspecified atom stereocenters. The Morgan fingerprint density at radius 1 is 1.17 bits per heavy atom.